The molecular formula is C23H25F3N6O. The van der Waals surface area contributed by atoms with Gasteiger partial charge >= 0.3 is 0 Å². The minimum Gasteiger partial charge on any atom is -0.355 e. The fraction of sp³-hybridized carbons (Fsp3) is 0.435. The third-order valence-electron chi connectivity index (χ3n) is 6.48. The van der Waals surface area contributed by atoms with Crippen LogP contribution in [0.5, 0.6) is 0 Å². The molecule has 0 spiro atoms. The molecule has 0 aliphatic carbocycles. The van der Waals surface area contributed by atoms with Gasteiger partial charge in [0.2, 0.25) is 0 Å². The Bertz CT molecular complexity index is 1230. The van der Waals surface area contributed by atoms with E-state index in [1.807, 2.05) is 19.2 Å². The van der Waals surface area contributed by atoms with Crippen LogP contribution in [0.2, 0.25) is 0 Å². The van der Waals surface area contributed by atoms with Crippen molar-refractivity contribution in [3.8, 4) is 0 Å². The molecule has 2 fully saturated rings. The number of aromatic nitrogens is 3. The molecule has 3 aromatic rings. The second kappa shape index (κ2) is 8.33. The van der Waals surface area contributed by atoms with E-state index in [-0.39, 0.29) is 6.04 Å². The highest BCUT2D eigenvalue weighted by atomic mass is 19.2. The summed E-state index contributed by atoms with van der Waals surface area (Å²) in [5.74, 6) is -3.60. The average molecular weight is 458 g/mol. The molecule has 174 valence electrons. The maximum Gasteiger partial charge on any atom is 0.257 e. The number of nitrogens with two attached hydrogens (primary N) is 1. The van der Waals surface area contributed by atoms with E-state index in [0.29, 0.717) is 36.8 Å². The van der Waals surface area contributed by atoms with Gasteiger partial charge in [0.05, 0.1) is 17.3 Å². The first kappa shape index (κ1) is 21.7. The molecule has 1 aromatic carbocycles. The van der Waals surface area contributed by atoms with Gasteiger partial charge in [0.15, 0.2) is 17.3 Å². The highest BCUT2D eigenvalue weighted by Gasteiger charge is 2.33. The molecule has 2 aliphatic heterocycles. The van der Waals surface area contributed by atoms with Crippen LogP contribution < -0.4 is 10.6 Å². The van der Waals surface area contributed by atoms with Crippen LogP contribution in [-0.4, -0.2) is 51.1 Å². The van der Waals surface area contributed by atoms with Gasteiger partial charge < -0.3 is 15.5 Å². The first-order valence-corrected chi connectivity index (χ1v) is 11.1. The van der Waals surface area contributed by atoms with E-state index in [0.717, 1.165) is 43.4 Å². The van der Waals surface area contributed by atoms with E-state index in [9.17, 15) is 18.0 Å². The lowest BCUT2D eigenvalue weighted by atomic mass is 9.98. The zero-order valence-electron chi connectivity index (χ0n) is 18.3. The number of halogens is 3. The maximum absolute atomic E-state index is 14.3. The number of aryl methyl sites for hydroxylation is 1. The Labute approximate surface area is 189 Å². The predicted octanol–water partition coefficient (Wildman–Crippen LogP) is 3.36. The van der Waals surface area contributed by atoms with Gasteiger partial charge in [0.1, 0.15) is 11.6 Å². The second-order valence-corrected chi connectivity index (χ2v) is 8.87. The summed E-state index contributed by atoms with van der Waals surface area (Å²) in [5, 5.41) is 4.64. The average Bonchev–Trinajstić information content (AvgIpc) is 3.40. The maximum atomic E-state index is 14.3. The number of likely N-dealkylation sites (tertiary alicyclic amines) is 1. The molecule has 0 saturated carbocycles. The van der Waals surface area contributed by atoms with Crippen LogP contribution in [0, 0.1) is 24.4 Å². The molecule has 5 rings (SSSR count). The normalized spacial score (nSPS) is 21.2. The lowest BCUT2D eigenvalue weighted by Gasteiger charge is -2.34. The summed E-state index contributed by atoms with van der Waals surface area (Å²) in [4.78, 5) is 21.5. The zero-order valence-corrected chi connectivity index (χ0v) is 18.3. The van der Waals surface area contributed by atoms with Crippen molar-refractivity contribution in [2.24, 2.45) is 5.73 Å². The molecule has 0 bridgehead atoms. The van der Waals surface area contributed by atoms with E-state index >= 15 is 0 Å². The lowest BCUT2D eigenvalue weighted by Crippen LogP contribution is -2.39. The largest absolute Gasteiger partial charge is 0.355 e. The Morgan fingerprint density at radius 1 is 1.12 bits per heavy atom. The summed E-state index contributed by atoms with van der Waals surface area (Å²) in [6.45, 7) is 3.89. The van der Waals surface area contributed by atoms with Crippen LogP contribution >= 0.6 is 0 Å². The fourth-order valence-electron chi connectivity index (χ4n) is 4.83. The molecule has 1 amide bonds. The highest BCUT2D eigenvalue weighted by molar-refractivity contribution is 5.95. The van der Waals surface area contributed by atoms with Crippen LogP contribution in [0.15, 0.2) is 24.4 Å². The van der Waals surface area contributed by atoms with Crippen LogP contribution in [0.4, 0.5) is 19.0 Å². The van der Waals surface area contributed by atoms with E-state index in [2.05, 4.69) is 10.00 Å². The number of rotatable bonds is 3. The molecule has 7 nitrogen and oxygen atoms in total. The van der Waals surface area contributed by atoms with Crippen molar-refractivity contribution in [2.75, 3.05) is 24.5 Å². The van der Waals surface area contributed by atoms with Gasteiger partial charge in [-0.05, 0) is 38.7 Å². The number of hydrogen-bond acceptors (Lipinski definition) is 5. The molecule has 0 unspecified atom stereocenters. The molecule has 10 heteroatoms. The summed E-state index contributed by atoms with van der Waals surface area (Å²) in [7, 11) is 0. The quantitative estimate of drug-likeness (QED) is 0.609. The number of nitrogens with zero attached hydrogens (tertiary/aromatic N) is 5. The van der Waals surface area contributed by atoms with E-state index in [1.165, 1.54) is 4.90 Å². The van der Waals surface area contributed by atoms with Gasteiger partial charge in [-0.3, -0.25) is 4.79 Å². The van der Waals surface area contributed by atoms with Crippen LogP contribution in [0.25, 0.3) is 5.65 Å². The SMILES string of the molecule is Cc1cn2nc([C@@H]3CCCCN3C(=O)c3cc(F)cc(F)c3F)cc2nc1N1CC[C@H](N)C1. The molecule has 33 heavy (non-hydrogen) atoms. The molecule has 0 radical (unpaired) electrons. The number of carbonyl (C=O) groups excluding carboxylic acids is 1. The Morgan fingerprint density at radius 3 is 2.70 bits per heavy atom. The van der Waals surface area contributed by atoms with E-state index < -0.39 is 35.0 Å². The van der Waals surface area contributed by atoms with Crippen LogP contribution in [-0.2, 0) is 0 Å². The number of benzene rings is 1. The molecule has 2 atom stereocenters. The topological polar surface area (TPSA) is 79.8 Å². The van der Waals surface area contributed by atoms with Crippen molar-refractivity contribution < 1.29 is 18.0 Å². The van der Waals surface area contributed by atoms with Gasteiger partial charge in [-0.2, -0.15) is 5.10 Å². The third-order valence-corrected chi connectivity index (χ3v) is 6.48. The summed E-state index contributed by atoms with van der Waals surface area (Å²) >= 11 is 0. The monoisotopic (exact) mass is 458 g/mol. The number of hydrogen-bond donors (Lipinski definition) is 1. The Morgan fingerprint density at radius 2 is 1.94 bits per heavy atom. The predicted molar refractivity (Wildman–Crippen MR) is 116 cm³/mol. The van der Waals surface area contributed by atoms with Gasteiger partial charge in [0, 0.05) is 49.6 Å². The van der Waals surface area contributed by atoms with E-state index in [4.69, 9.17) is 10.7 Å². The van der Waals surface area contributed by atoms with Crippen molar-refractivity contribution >= 4 is 17.4 Å². The first-order chi connectivity index (χ1) is 15.8. The first-order valence-electron chi connectivity index (χ1n) is 11.1. The number of piperidine rings is 1. The van der Waals surface area contributed by atoms with Gasteiger partial charge in [-0.25, -0.2) is 22.7 Å². The zero-order chi connectivity index (χ0) is 23.3. The Kier molecular flexibility index (Phi) is 5.48. The Balaban J connectivity index is 1.49. The minimum absolute atomic E-state index is 0.123. The van der Waals surface area contributed by atoms with Crippen molar-refractivity contribution in [1.29, 1.82) is 0 Å². The molecule has 2 aromatic heterocycles. The molecule has 4 heterocycles. The molecule has 2 saturated heterocycles. The third kappa shape index (κ3) is 3.92. The van der Waals surface area contributed by atoms with Crippen molar-refractivity contribution in [2.45, 2.75) is 44.7 Å². The number of anilines is 1. The van der Waals surface area contributed by atoms with Crippen LogP contribution in [0.3, 0.4) is 0 Å². The fourth-order valence-corrected chi connectivity index (χ4v) is 4.83. The van der Waals surface area contributed by atoms with Gasteiger partial charge in [-0.15, -0.1) is 0 Å². The summed E-state index contributed by atoms with van der Waals surface area (Å²) < 4.78 is 43.4. The van der Waals surface area contributed by atoms with E-state index in [1.54, 1.807) is 4.52 Å². The summed E-state index contributed by atoms with van der Waals surface area (Å²) in [6, 6.07) is 2.67. The van der Waals surface area contributed by atoms with Crippen molar-refractivity contribution in [3.63, 3.8) is 0 Å². The number of fused-ring (bicyclic) bond motifs is 1. The van der Waals surface area contributed by atoms with Crippen LogP contribution in [0.1, 0.15) is 53.3 Å². The molecule has 2 N–H and O–H groups in total. The highest BCUT2D eigenvalue weighted by Crippen LogP contribution is 2.33. The smallest absolute Gasteiger partial charge is 0.257 e. The second-order valence-electron chi connectivity index (χ2n) is 8.87. The summed E-state index contributed by atoms with van der Waals surface area (Å²) in [6.07, 6.45) is 4.98. The number of amides is 1. The summed E-state index contributed by atoms with van der Waals surface area (Å²) in [5.41, 5.74) is 7.65. The van der Waals surface area contributed by atoms with Crippen molar-refractivity contribution in [1.82, 2.24) is 19.5 Å². The molecule has 2 aliphatic rings. The molecular weight excluding hydrogens is 433 g/mol. The Hall–Kier alpha value is -3.14. The van der Waals surface area contributed by atoms with Gasteiger partial charge in [0.25, 0.3) is 5.91 Å². The van der Waals surface area contributed by atoms with Gasteiger partial charge in [-0.1, -0.05) is 0 Å². The standard InChI is InChI=1S/C23H25F3N6O/c1-13-11-32-20(28-22(13)30-7-5-15(27)12-30)10-18(29-32)19-4-2-3-6-31(19)23(33)16-8-14(24)9-17(25)21(16)26/h8-11,15,19H,2-7,12,27H2,1H3/t15-,19-/m0/s1. The van der Waals surface area contributed by atoms with Crippen molar-refractivity contribution in [3.05, 3.63) is 58.7 Å². The lowest BCUT2D eigenvalue weighted by molar-refractivity contribution is 0.0599. The minimum atomic E-state index is -1.38. The number of carbonyl (C=O) groups is 1.